The Hall–Kier alpha value is -0.400. The van der Waals surface area contributed by atoms with E-state index in [4.69, 9.17) is 17.0 Å². The fourth-order valence-corrected chi connectivity index (χ4v) is 2.54. The average Bonchev–Trinajstić information content (AvgIpc) is 2.58. The number of aromatic amines is 1. The number of thioether (sulfide) groups is 1. The van der Waals surface area contributed by atoms with E-state index >= 15 is 0 Å². The van der Waals surface area contributed by atoms with Gasteiger partial charge in [0.05, 0.1) is 12.4 Å². The molecule has 0 saturated carbocycles. The van der Waals surface area contributed by atoms with Crippen LogP contribution < -0.4 is 0 Å². The van der Waals surface area contributed by atoms with Crippen molar-refractivity contribution in [2.45, 2.75) is 17.7 Å². The van der Waals surface area contributed by atoms with E-state index in [1.54, 1.807) is 0 Å². The first kappa shape index (κ1) is 11.7. The normalized spacial score (nSPS) is 10.1. The minimum atomic E-state index is -0.210. The van der Waals surface area contributed by atoms with Gasteiger partial charge in [0.2, 0.25) is 0 Å². The first-order valence-corrected chi connectivity index (χ1v) is 6.27. The van der Waals surface area contributed by atoms with Gasteiger partial charge in [-0.1, -0.05) is 30.0 Å². The van der Waals surface area contributed by atoms with Gasteiger partial charge < -0.3 is 4.74 Å². The van der Waals surface area contributed by atoms with Crippen LogP contribution in [0.3, 0.4) is 0 Å². The smallest absolute Gasteiger partial charge is 0.316 e. The fourth-order valence-electron chi connectivity index (χ4n) is 0.656. The van der Waals surface area contributed by atoms with E-state index in [1.165, 1.54) is 23.1 Å². The van der Waals surface area contributed by atoms with Gasteiger partial charge in [0, 0.05) is 0 Å². The number of ether oxygens (including phenoxy) is 1. The van der Waals surface area contributed by atoms with Gasteiger partial charge in [0.1, 0.15) is 0 Å². The molecular formula is C7H10N2O2S3. The van der Waals surface area contributed by atoms with Crippen LogP contribution in [0.25, 0.3) is 0 Å². The predicted octanol–water partition coefficient (Wildman–Crippen LogP) is 2.25. The number of rotatable bonds is 5. The van der Waals surface area contributed by atoms with Crippen molar-refractivity contribution in [3.05, 3.63) is 3.95 Å². The highest BCUT2D eigenvalue weighted by Gasteiger charge is 2.05. The van der Waals surface area contributed by atoms with Crippen molar-refractivity contribution in [1.82, 2.24) is 10.2 Å². The first-order valence-electron chi connectivity index (χ1n) is 4.06. The highest BCUT2D eigenvalue weighted by Crippen LogP contribution is 2.19. The lowest BCUT2D eigenvalue weighted by Gasteiger charge is -2.00. The Morgan fingerprint density at radius 2 is 2.57 bits per heavy atom. The summed E-state index contributed by atoms with van der Waals surface area (Å²) in [4.78, 5) is 11.1. The number of nitrogens with one attached hydrogen (secondary N) is 1. The van der Waals surface area contributed by atoms with Crippen LogP contribution >= 0.6 is 35.3 Å². The van der Waals surface area contributed by atoms with E-state index < -0.39 is 0 Å². The Morgan fingerprint density at radius 3 is 3.14 bits per heavy atom. The van der Waals surface area contributed by atoms with Gasteiger partial charge in [-0.25, -0.2) is 0 Å². The summed E-state index contributed by atoms with van der Waals surface area (Å²) in [5, 5.41) is 6.56. The third-order valence-electron chi connectivity index (χ3n) is 1.20. The largest absolute Gasteiger partial charge is 0.465 e. The fraction of sp³-hybridized carbons (Fsp3) is 0.571. The summed E-state index contributed by atoms with van der Waals surface area (Å²) in [6.45, 7) is 2.44. The summed E-state index contributed by atoms with van der Waals surface area (Å²) in [6.07, 6.45) is 0.845. The van der Waals surface area contributed by atoms with Crippen molar-refractivity contribution in [2.24, 2.45) is 0 Å². The van der Waals surface area contributed by atoms with E-state index in [-0.39, 0.29) is 11.7 Å². The molecule has 7 heteroatoms. The topological polar surface area (TPSA) is 55.0 Å². The van der Waals surface area contributed by atoms with Gasteiger partial charge in [-0.3, -0.25) is 9.89 Å². The van der Waals surface area contributed by atoms with Gasteiger partial charge in [-0.15, -0.1) is 0 Å². The van der Waals surface area contributed by atoms with E-state index in [9.17, 15) is 4.79 Å². The van der Waals surface area contributed by atoms with Crippen molar-refractivity contribution in [3.63, 3.8) is 0 Å². The van der Waals surface area contributed by atoms with Gasteiger partial charge in [-0.05, 0) is 18.6 Å². The molecule has 1 aromatic heterocycles. The molecule has 0 aliphatic heterocycles. The predicted molar refractivity (Wildman–Crippen MR) is 59.3 cm³/mol. The molecule has 1 rings (SSSR count). The first-order chi connectivity index (χ1) is 6.72. The summed E-state index contributed by atoms with van der Waals surface area (Å²) in [6, 6.07) is 0. The summed E-state index contributed by atoms with van der Waals surface area (Å²) < 4.78 is 6.29. The maximum Gasteiger partial charge on any atom is 0.316 e. The number of hydrogen-bond donors (Lipinski definition) is 1. The molecule has 1 heterocycles. The quantitative estimate of drug-likeness (QED) is 0.493. The van der Waals surface area contributed by atoms with Crippen LogP contribution in [0.5, 0.6) is 0 Å². The molecule has 0 fully saturated rings. The molecule has 1 aromatic rings. The van der Waals surface area contributed by atoms with Crippen LogP contribution in [0.4, 0.5) is 0 Å². The third kappa shape index (κ3) is 4.21. The van der Waals surface area contributed by atoms with Gasteiger partial charge >= 0.3 is 5.97 Å². The lowest BCUT2D eigenvalue weighted by atomic mass is 10.5. The van der Waals surface area contributed by atoms with Crippen molar-refractivity contribution >= 4 is 41.3 Å². The van der Waals surface area contributed by atoms with E-state index in [0.717, 1.165) is 10.8 Å². The molecule has 14 heavy (non-hydrogen) atoms. The van der Waals surface area contributed by atoms with Crippen LogP contribution in [0.15, 0.2) is 4.34 Å². The minimum absolute atomic E-state index is 0.210. The molecule has 0 radical (unpaired) electrons. The Balaban J connectivity index is 2.27. The van der Waals surface area contributed by atoms with Crippen LogP contribution in [-0.4, -0.2) is 28.5 Å². The Labute approximate surface area is 95.1 Å². The maximum atomic E-state index is 11.1. The number of aromatic nitrogens is 2. The van der Waals surface area contributed by atoms with Crippen LogP contribution in [0, 0.1) is 3.95 Å². The Morgan fingerprint density at radius 1 is 1.79 bits per heavy atom. The average molecular weight is 250 g/mol. The second-order valence-corrected chi connectivity index (χ2v) is 5.28. The van der Waals surface area contributed by atoms with Gasteiger partial charge in [-0.2, -0.15) is 5.10 Å². The summed E-state index contributed by atoms with van der Waals surface area (Å²) in [5.74, 6) is 0.0776. The van der Waals surface area contributed by atoms with E-state index in [0.29, 0.717) is 10.6 Å². The van der Waals surface area contributed by atoms with Crippen LogP contribution in [0.1, 0.15) is 13.3 Å². The molecule has 4 nitrogen and oxygen atoms in total. The maximum absolute atomic E-state index is 11.1. The summed E-state index contributed by atoms with van der Waals surface area (Å²) >= 11 is 7.55. The number of carbonyl (C=O) groups excluding carboxylic acids is 1. The van der Waals surface area contributed by atoms with Crippen molar-refractivity contribution in [3.8, 4) is 0 Å². The third-order valence-corrected chi connectivity index (χ3v) is 3.40. The van der Waals surface area contributed by atoms with Crippen LogP contribution in [-0.2, 0) is 9.53 Å². The molecule has 0 spiro atoms. The zero-order valence-electron chi connectivity index (χ0n) is 7.61. The molecule has 0 aromatic carbocycles. The van der Waals surface area contributed by atoms with Crippen molar-refractivity contribution in [2.75, 3.05) is 12.4 Å². The number of nitrogens with zero attached hydrogens (tertiary/aromatic N) is 1. The van der Waals surface area contributed by atoms with Gasteiger partial charge in [0.25, 0.3) is 0 Å². The number of esters is 1. The lowest BCUT2D eigenvalue weighted by molar-refractivity contribution is -0.140. The molecule has 0 amide bonds. The lowest BCUT2D eigenvalue weighted by Crippen LogP contribution is -2.07. The second kappa shape index (κ2) is 6.15. The Bertz CT molecular complexity index is 347. The number of hydrogen-bond acceptors (Lipinski definition) is 6. The van der Waals surface area contributed by atoms with Gasteiger partial charge in [0.15, 0.2) is 8.29 Å². The zero-order valence-corrected chi connectivity index (χ0v) is 10.1. The van der Waals surface area contributed by atoms with E-state index in [1.807, 2.05) is 6.92 Å². The molecule has 78 valence electrons. The molecule has 0 unspecified atom stereocenters. The summed E-state index contributed by atoms with van der Waals surface area (Å²) in [7, 11) is 0. The van der Waals surface area contributed by atoms with Crippen molar-refractivity contribution in [1.29, 1.82) is 0 Å². The SMILES string of the molecule is CCCOC(=O)CSc1n[nH]c(=S)s1. The molecule has 1 N–H and O–H groups in total. The summed E-state index contributed by atoms with van der Waals surface area (Å²) in [5.41, 5.74) is 0. The number of carbonyl (C=O) groups is 1. The van der Waals surface area contributed by atoms with Crippen molar-refractivity contribution < 1.29 is 9.53 Å². The van der Waals surface area contributed by atoms with E-state index in [2.05, 4.69) is 10.2 Å². The number of H-pyrrole nitrogens is 1. The second-order valence-electron chi connectivity index (χ2n) is 2.39. The molecular weight excluding hydrogens is 240 g/mol. The molecule has 0 atom stereocenters. The minimum Gasteiger partial charge on any atom is -0.465 e. The highest BCUT2D eigenvalue weighted by atomic mass is 32.2. The zero-order chi connectivity index (χ0) is 10.4. The monoisotopic (exact) mass is 250 g/mol. The Kier molecular flexibility index (Phi) is 5.13. The molecule has 0 saturated heterocycles. The standard InChI is InChI=1S/C7H10N2O2S3/c1-2-3-11-5(10)4-13-7-9-8-6(12)14-7/h2-4H2,1H3,(H,8,12). The molecule has 0 bridgehead atoms. The van der Waals surface area contributed by atoms with Crippen LogP contribution in [0.2, 0.25) is 0 Å². The molecule has 0 aliphatic carbocycles. The highest BCUT2D eigenvalue weighted by molar-refractivity contribution is 8.01. The molecule has 0 aliphatic rings.